The number of pyridine rings is 1. The van der Waals surface area contributed by atoms with Crippen LogP contribution in [0.15, 0.2) is 48.8 Å². The third-order valence-corrected chi connectivity index (χ3v) is 5.44. The van der Waals surface area contributed by atoms with Gasteiger partial charge < -0.3 is 19.9 Å². The molecule has 30 heavy (non-hydrogen) atoms. The molecule has 3 atom stereocenters. The van der Waals surface area contributed by atoms with E-state index < -0.39 is 0 Å². The summed E-state index contributed by atoms with van der Waals surface area (Å²) < 4.78 is 11.3. The Bertz CT molecular complexity index is 833. The number of likely N-dealkylation sites (tertiary alicyclic amines) is 1. The molecule has 2 saturated heterocycles. The van der Waals surface area contributed by atoms with Gasteiger partial charge in [-0.2, -0.15) is 0 Å². The van der Waals surface area contributed by atoms with Gasteiger partial charge in [0.2, 0.25) is 5.91 Å². The smallest absolute Gasteiger partial charge is 0.290 e. The standard InChI is InChI=1S/C21H25N3O3.CH2O2/c1-26-18-6-2-4-15(10-18)13-24-14-16(11-20-19(24)7-9-27-20)21(25)23-17-5-3-8-22-12-17;2-1-3/h2-6,8,10,12,16,19-20H,7,9,11,13-14H2,1H3,(H,23,25);1H,(H,2,3)/t16-,19+,20+;/m0./s1. The van der Waals surface area contributed by atoms with E-state index in [2.05, 4.69) is 27.3 Å². The van der Waals surface area contributed by atoms with Crippen LogP contribution in [0, 0.1) is 5.92 Å². The third kappa shape index (κ3) is 5.55. The Morgan fingerprint density at radius 3 is 2.97 bits per heavy atom. The van der Waals surface area contributed by atoms with Crippen molar-refractivity contribution < 1.29 is 24.2 Å². The maximum absolute atomic E-state index is 12.8. The molecule has 0 bridgehead atoms. The van der Waals surface area contributed by atoms with Gasteiger partial charge in [-0.1, -0.05) is 12.1 Å². The predicted octanol–water partition coefficient (Wildman–Crippen LogP) is 2.41. The van der Waals surface area contributed by atoms with Crippen LogP contribution in [0.3, 0.4) is 0 Å². The molecule has 1 amide bonds. The molecule has 1 aromatic heterocycles. The van der Waals surface area contributed by atoms with Gasteiger partial charge in [0.1, 0.15) is 5.75 Å². The van der Waals surface area contributed by atoms with Crippen molar-refractivity contribution in [1.82, 2.24) is 9.88 Å². The number of carboxylic acid groups (broad SMARTS) is 1. The fraction of sp³-hybridized carbons (Fsp3) is 0.409. The lowest BCUT2D eigenvalue weighted by Gasteiger charge is -2.40. The van der Waals surface area contributed by atoms with E-state index in [1.165, 1.54) is 5.56 Å². The average Bonchev–Trinajstić information content (AvgIpc) is 3.24. The van der Waals surface area contributed by atoms with Gasteiger partial charge in [-0.25, -0.2) is 0 Å². The molecule has 0 aliphatic carbocycles. The fourth-order valence-electron chi connectivity index (χ4n) is 4.11. The lowest BCUT2D eigenvalue weighted by molar-refractivity contribution is -0.124. The molecule has 8 nitrogen and oxygen atoms in total. The molecule has 0 unspecified atom stereocenters. The van der Waals surface area contributed by atoms with Crippen LogP contribution in [0.1, 0.15) is 18.4 Å². The van der Waals surface area contributed by atoms with Gasteiger partial charge in [-0.15, -0.1) is 0 Å². The normalized spacial score (nSPS) is 22.9. The zero-order chi connectivity index (χ0) is 21.3. The highest BCUT2D eigenvalue weighted by atomic mass is 16.5. The van der Waals surface area contributed by atoms with E-state index in [9.17, 15) is 4.79 Å². The SMILES string of the molecule is COc1cccc(CN2C[C@@H](C(=O)Nc3cccnc3)C[C@H]3OCC[C@H]32)c1.O=CO. The highest BCUT2D eigenvalue weighted by Gasteiger charge is 2.42. The number of hydrogen-bond acceptors (Lipinski definition) is 6. The van der Waals surface area contributed by atoms with Gasteiger partial charge in [-0.3, -0.25) is 19.5 Å². The summed E-state index contributed by atoms with van der Waals surface area (Å²) >= 11 is 0. The second kappa shape index (κ2) is 10.7. The summed E-state index contributed by atoms with van der Waals surface area (Å²) in [5, 5.41) is 9.88. The van der Waals surface area contributed by atoms with Crippen molar-refractivity contribution in [3.8, 4) is 5.75 Å². The number of hydrogen-bond donors (Lipinski definition) is 2. The number of ether oxygens (including phenoxy) is 2. The molecule has 2 N–H and O–H groups in total. The summed E-state index contributed by atoms with van der Waals surface area (Å²) in [5.74, 6) is 0.789. The van der Waals surface area contributed by atoms with E-state index in [1.54, 1.807) is 19.5 Å². The Hall–Kier alpha value is -2.97. The summed E-state index contributed by atoms with van der Waals surface area (Å²) in [6, 6.07) is 12.2. The minimum absolute atomic E-state index is 0.0348. The molecule has 160 valence electrons. The number of piperidine rings is 1. The minimum Gasteiger partial charge on any atom is -0.497 e. The molecular weight excluding hydrogens is 386 g/mol. The number of rotatable bonds is 5. The van der Waals surface area contributed by atoms with E-state index in [4.69, 9.17) is 19.4 Å². The number of nitrogens with zero attached hydrogens (tertiary/aromatic N) is 2. The Kier molecular flexibility index (Phi) is 7.75. The Labute approximate surface area is 175 Å². The molecule has 2 fully saturated rings. The summed E-state index contributed by atoms with van der Waals surface area (Å²) in [6.45, 7) is 2.03. The Morgan fingerprint density at radius 2 is 2.23 bits per heavy atom. The van der Waals surface area contributed by atoms with Crippen LogP contribution in [0.4, 0.5) is 5.69 Å². The van der Waals surface area contributed by atoms with Gasteiger partial charge in [0.25, 0.3) is 6.47 Å². The molecule has 0 saturated carbocycles. The number of methoxy groups -OCH3 is 1. The van der Waals surface area contributed by atoms with Crippen LogP contribution < -0.4 is 10.1 Å². The van der Waals surface area contributed by atoms with E-state index >= 15 is 0 Å². The van der Waals surface area contributed by atoms with E-state index in [0.717, 1.165) is 44.0 Å². The first-order chi connectivity index (χ1) is 14.6. The topological polar surface area (TPSA) is 101 Å². The molecule has 8 heteroatoms. The van der Waals surface area contributed by atoms with Gasteiger partial charge in [-0.05, 0) is 42.7 Å². The first-order valence-electron chi connectivity index (χ1n) is 9.92. The lowest BCUT2D eigenvalue weighted by atomic mass is 9.89. The third-order valence-electron chi connectivity index (χ3n) is 5.44. The summed E-state index contributed by atoms with van der Waals surface area (Å²) in [5.41, 5.74) is 1.92. The van der Waals surface area contributed by atoms with E-state index in [-0.39, 0.29) is 24.4 Å². The number of fused-ring (bicyclic) bond motifs is 1. The molecule has 2 aliphatic rings. The van der Waals surface area contributed by atoms with E-state index in [1.807, 2.05) is 24.3 Å². The highest BCUT2D eigenvalue weighted by molar-refractivity contribution is 5.92. The molecule has 0 spiro atoms. The number of carbonyl (C=O) groups excluding carboxylic acids is 1. The van der Waals surface area contributed by atoms with Crippen molar-refractivity contribution in [2.24, 2.45) is 5.92 Å². The van der Waals surface area contributed by atoms with Gasteiger partial charge in [0.05, 0.1) is 31.0 Å². The lowest BCUT2D eigenvalue weighted by Crippen LogP contribution is -2.51. The Morgan fingerprint density at radius 1 is 1.40 bits per heavy atom. The van der Waals surface area contributed by atoms with Gasteiger partial charge in [0.15, 0.2) is 0 Å². The van der Waals surface area contributed by atoms with Crippen LogP contribution in [0.25, 0.3) is 0 Å². The quantitative estimate of drug-likeness (QED) is 0.726. The largest absolute Gasteiger partial charge is 0.497 e. The number of benzene rings is 1. The summed E-state index contributed by atoms with van der Waals surface area (Å²) in [4.78, 5) is 27.6. The van der Waals surface area contributed by atoms with Crippen LogP contribution in [-0.2, 0) is 20.9 Å². The number of anilines is 1. The first kappa shape index (κ1) is 21.7. The predicted molar refractivity (Wildman–Crippen MR) is 111 cm³/mol. The fourth-order valence-corrected chi connectivity index (χ4v) is 4.11. The van der Waals surface area contributed by atoms with Crippen molar-refractivity contribution in [1.29, 1.82) is 0 Å². The van der Waals surface area contributed by atoms with Crippen molar-refractivity contribution in [3.05, 3.63) is 54.4 Å². The van der Waals surface area contributed by atoms with Crippen molar-refractivity contribution >= 4 is 18.1 Å². The molecule has 4 rings (SSSR count). The van der Waals surface area contributed by atoms with Crippen LogP contribution in [-0.4, -0.2) is 59.8 Å². The van der Waals surface area contributed by atoms with Crippen LogP contribution in [0.2, 0.25) is 0 Å². The average molecular weight is 413 g/mol. The number of carbonyl (C=O) groups is 2. The molecule has 3 heterocycles. The van der Waals surface area contributed by atoms with Crippen LogP contribution >= 0.6 is 0 Å². The minimum atomic E-state index is -0.250. The zero-order valence-electron chi connectivity index (χ0n) is 16.9. The monoisotopic (exact) mass is 413 g/mol. The van der Waals surface area contributed by atoms with E-state index in [0.29, 0.717) is 6.04 Å². The van der Waals surface area contributed by atoms with Crippen molar-refractivity contribution in [3.63, 3.8) is 0 Å². The summed E-state index contributed by atoms with van der Waals surface area (Å²) in [6.07, 6.45) is 5.28. The number of nitrogens with one attached hydrogen (secondary N) is 1. The molecule has 0 radical (unpaired) electrons. The van der Waals surface area contributed by atoms with Crippen molar-refractivity contribution in [2.45, 2.75) is 31.5 Å². The highest BCUT2D eigenvalue weighted by Crippen LogP contribution is 2.33. The Balaban J connectivity index is 0.000000806. The second-order valence-electron chi connectivity index (χ2n) is 7.32. The van der Waals surface area contributed by atoms with Crippen LogP contribution in [0.5, 0.6) is 5.75 Å². The molecule has 2 aromatic rings. The summed E-state index contributed by atoms with van der Waals surface area (Å²) in [7, 11) is 1.68. The second-order valence-corrected chi connectivity index (χ2v) is 7.32. The van der Waals surface area contributed by atoms with Gasteiger partial charge >= 0.3 is 0 Å². The molecule has 2 aliphatic heterocycles. The number of aromatic nitrogens is 1. The first-order valence-corrected chi connectivity index (χ1v) is 9.92. The maximum atomic E-state index is 12.8. The van der Waals surface area contributed by atoms with Crippen molar-refractivity contribution in [2.75, 3.05) is 25.6 Å². The van der Waals surface area contributed by atoms with Gasteiger partial charge in [0, 0.05) is 31.9 Å². The zero-order valence-corrected chi connectivity index (χ0v) is 16.9. The molecular formula is C22H27N3O5. The molecule has 1 aromatic carbocycles. The number of amides is 1. The maximum Gasteiger partial charge on any atom is 0.290 e.